The normalized spacial score (nSPS) is 17.3. The van der Waals surface area contributed by atoms with E-state index in [1.165, 1.54) is 12.1 Å². The van der Waals surface area contributed by atoms with Gasteiger partial charge in [-0.3, -0.25) is 4.90 Å². The van der Waals surface area contributed by atoms with Gasteiger partial charge in [-0.1, -0.05) is 12.1 Å². The van der Waals surface area contributed by atoms with Crippen LogP contribution in [0.2, 0.25) is 0 Å². The predicted octanol–water partition coefficient (Wildman–Crippen LogP) is 1.70. The Hall–Kier alpha value is -1.47. The topological polar surface area (TPSA) is 35.9 Å². The van der Waals surface area contributed by atoms with Crippen LogP contribution in [-0.4, -0.2) is 55.7 Å². The Morgan fingerprint density at radius 2 is 1.75 bits per heavy atom. The molecule has 0 saturated carbocycles. The molecule has 1 aliphatic heterocycles. The number of hydrogen-bond acceptors (Lipinski definition) is 4. The molecule has 0 spiro atoms. The molecule has 1 aromatic rings. The molecule has 0 aliphatic carbocycles. The summed E-state index contributed by atoms with van der Waals surface area (Å²) in [5.41, 5.74) is 0.452. The summed E-state index contributed by atoms with van der Waals surface area (Å²) in [6.45, 7) is 3.32. The minimum absolute atomic E-state index is 0.0910. The van der Waals surface area contributed by atoms with Crippen LogP contribution in [-0.2, 0) is 0 Å². The molecule has 1 N–H and O–H groups in total. The standard InChI is InChI=1S/C13H17F3N2O2/c14-13(15,16)20-12-4-2-1-3-11(12)18-7-5-17(6-8-18)9-10-19/h1-4,19H,5-10H2. The Bertz CT molecular complexity index is 432. The molecular weight excluding hydrogens is 273 g/mol. The summed E-state index contributed by atoms with van der Waals surface area (Å²) in [5, 5.41) is 8.87. The molecule has 0 amide bonds. The third-order valence-electron chi connectivity index (χ3n) is 3.22. The minimum atomic E-state index is -4.69. The van der Waals surface area contributed by atoms with Gasteiger partial charge in [-0.05, 0) is 12.1 Å². The monoisotopic (exact) mass is 290 g/mol. The van der Waals surface area contributed by atoms with Crippen LogP contribution in [0.15, 0.2) is 24.3 Å². The lowest BCUT2D eigenvalue weighted by Crippen LogP contribution is -2.47. The molecule has 20 heavy (non-hydrogen) atoms. The predicted molar refractivity (Wildman–Crippen MR) is 68.9 cm³/mol. The molecule has 2 rings (SSSR count). The van der Waals surface area contributed by atoms with E-state index in [9.17, 15) is 13.2 Å². The highest BCUT2D eigenvalue weighted by Crippen LogP contribution is 2.33. The molecule has 112 valence electrons. The van der Waals surface area contributed by atoms with Gasteiger partial charge in [0.25, 0.3) is 0 Å². The highest BCUT2D eigenvalue weighted by atomic mass is 19.4. The second-order valence-corrected chi connectivity index (χ2v) is 4.57. The van der Waals surface area contributed by atoms with E-state index in [1.54, 1.807) is 12.1 Å². The van der Waals surface area contributed by atoms with Crippen molar-refractivity contribution in [1.29, 1.82) is 0 Å². The molecule has 1 fully saturated rings. The number of ether oxygens (including phenoxy) is 1. The van der Waals surface area contributed by atoms with Gasteiger partial charge in [0.05, 0.1) is 12.3 Å². The van der Waals surface area contributed by atoms with Crippen LogP contribution < -0.4 is 9.64 Å². The van der Waals surface area contributed by atoms with Gasteiger partial charge >= 0.3 is 6.36 Å². The fourth-order valence-electron chi connectivity index (χ4n) is 2.28. The Kier molecular flexibility index (Phi) is 4.72. The second kappa shape index (κ2) is 6.32. The van der Waals surface area contributed by atoms with Crippen molar-refractivity contribution < 1.29 is 23.0 Å². The molecule has 0 aromatic heterocycles. The largest absolute Gasteiger partial charge is 0.573 e. The molecule has 7 heteroatoms. The summed E-state index contributed by atoms with van der Waals surface area (Å²) < 4.78 is 41.2. The van der Waals surface area contributed by atoms with Crippen LogP contribution >= 0.6 is 0 Å². The summed E-state index contributed by atoms with van der Waals surface area (Å²) >= 11 is 0. The van der Waals surface area contributed by atoms with Gasteiger partial charge in [-0.2, -0.15) is 0 Å². The number of alkyl halides is 3. The van der Waals surface area contributed by atoms with E-state index in [-0.39, 0.29) is 12.4 Å². The second-order valence-electron chi connectivity index (χ2n) is 4.57. The first-order chi connectivity index (χ1) is 9.49. The third kappa shape index (κ3) is 4.01. The molecular formula is C13H17F3N2O2. The smallest absolute Gasteiger partial charge is 0.404 e. The summed E-state index contributed by atoms with van der Waals surface area (Å²) in [7, 11) is 0. The van der Waals surface area contributed by atoms with E-state index in [4.69, 9.17) is 5.11 Å². The molecule has 1 aliphatic rings. The number of rotatable bonds is 4. The van der Waals surface area contributed by atoms with Gasteiger partial charge < -0.3 is 14.7 Å². The van der Waals surface area contributed by atoms with E-state index in [0.717, 1.165) is 0 Å². The van der Waals surface area contributed by atoms with Crippen LogP contribution in [0.3, 0.4) is 0 Å². The van der Waals surface area contributed by atoms with Gasteiger partial charge in [0.1, 0.15) is 0 Å². The number of aliphatic hydroxyl groups is 1. The maximum atomic E-state index is 12.4. The highest BCUT2D eigenvalue weighted by Gasteiger charge is 2.33. The number of hydrogen-bond donors (Lipinski definition) is 1. The molecule has 1 aromatic carbocycles. The van der Waals surface area contributed by atoms with Crippen molar-refractivity contribution in [3.8, 4) is 5.75 Å². The number of halogens is 3. The van der Waals surface area contributed by atoms with Crippen LogP contribution in [0.5, 0.6) is 5.75 Å². The zero-order valence-corrected chi connectivity index (χ0v) is 10.9. The summed E-state index contributed by atoms with van der Waals surface area (Å²) in [4.78, 5) is 3.94. The molecule has 0 unspecified atom stereocenters. The summed E-state index contributed by atoms with van der Waals surface area (Å²) in [5.74, 6) is -0.171. The number of para-hydroxylation sites is 2. The van der Waals surface area contributed by atoms with E-state index in [0.29, 0.717) is 38.4 Å². The quantitative estimate of drug-likeness (QED) is 0.915. The number of anilines is 1. The van der Waals surface area contributed by atoms with E-state index in [2.05, 4.69) is 9.64 Å². The number of aliphatic hydroxyl groups excluding tert-OH is 1. The fraction of sp³-hybridized carbons (Fsp3) is 0.538. The first kappa shape index (κ1) is 14.9. The Balaban J connectivity index is 2.06. The summed E-state index contributed by atoms with van der Waals surface area (Å²) in [6, 6.07) is 6.16. The number of benzene rings is 1. The van der Waals surface area contributed by atoms with Crippen molar-refractivity contribution in [2.45, 2.75) is 6.36 Å². The average Bonchev–Trinajstić information content (AvgIpc) is 2.39. The lowest BCUT2D eigenvalue weighted by molar-refractivity contribution is -0.274. The van der Waals surface area contributed by atoms with Crippen molar-refractivity contribution in [1.82, 2.24) is 4.90 Å². The number of nitrogens with zero attached hydrogens (tertiary/aromatic N) is 2. The Morgan fingerprint density at radius 1 is 1.10 bits per heavy atom. The zero-order valence-electron chi connectivity index (χ0n) is 10.9. The van der Waals surface area contributed by atoms with Crippen molar-refractivity contribution in [3.63, 3.8) is 0 Å². The lowest BCUT2D eigenvalue weighted by Gasteiger charge is -2.36. The van der Waals surface area contributed by atoms with Crippen LogP contribution in [0.25, 0.3) is 0 Å². The van der Waals surface area contributed by atoms with Gasteiger partial charge in [0.15, 0.2) is 5.75 Å². The van der Waals surface area contributed by atoms with Gasteiger partial charge in [-0.15, -0.1) is 13.2 Å². The minimum Gasteiger partial charge on any atom is -0.404 e. The molecule has 0 bridgehead atoms. The first-order valence-electron chi connectivity index (χ1n) is 6.42. The van der Waals surface area contributed by atoms with E-state index >= 15 is 0 Å². The summed E-state index contributed by atoms with van der Waals surface area (Å²) in [6.07, 6.45) is -4.69. The van der Waals surface area contributed by atoms with E-state index in [1.807, 2.05) is 4.90 Å². The maximum absolute atomic E-state index is 12.4. The number of β-amino-alcohol motifs (C(OH)–C–C–N with tert-alkyl or cyclic N) is 1. The Morgan fingerprint density at radius 3 is 2.35 bits per heavy atom. The van der Waals surface area contributed by atoms with E-state index < -0.39 is 6.36 Å². The third-order valence-corrected chi connectivity index (χ3v) is 3.22. The Labute approximate surface area is 115 Å². The van der Waals surface area contributed by atoms with Crippen molar-refractivity contribution in [3.05, 3.63) is 24.3 Å². The highest BCUT2D eigenvalue weighted by molar-refractivity contribution is 5.58. The molecule has 1 saturated heterocycles. The van der Waals surface area contributed by atoms with Gasteiger partial charge in [0, 0.05) is 32.7 Å². The van der Waals surface area contributed by atoms with Crippen LogP contribution in [0.4, 0.5) is 18.9 Å². The van der Waals surface area contributed by atoms with Crippen molar-refractivity contribution in [2.75, 3.05) is 44.2 Å². The van der Waals surface area contributed by atoms with Gasteiger partial charge in [-0.25, -0.2) is 0 Å². The fourth-order valence-corrected chi connectivity index (χ4v) is 2.28. The average molecular weight is 290 g/mol. The van der Waals surface area contributed by atoms with Crippen LogP contribution in [0, 0.1) is 0 Å². The molecule has 0 atom stereocenters. The van der Waals surface area contributed by atoms with Crippen molar-refractivity contribution in [2.24, 2.45) is 0 Å². The number of piperazine rings is 1. The molecule has 1 heterocycles. The van der Waals surface area contributed by atoms with Crippen LogP contribution in [0.1, 0.15) is 0 Å². The lowest BCUT2D eigenvalue weighted by atomic mass is 10.2. The SMILES string of the molecule is OCCN1CCN(c2ccccc2OC(F)(F)F)CC1. The molecule has 0 radical (unpaired) electrons. The molecule has 4 nitrogen and oxygen atoms in total. The maximum Gasteiger partial charge on any atom is 0.573 e. The first-order valence-corrected chi connectivity index (χ1v) is 6.42. The van der Waals surface area contributed by atoms with Crippen molar-refractivity contribution >= 4 is 5.69 Å². The van der Waals surface area contributed by atoms with Gasteiger partial charge in [0.2, 0.25) is 0 Å². The zero-order chi connectivity index (χ0) is 14.6.